The highest BCUT2D eigenvalue weighted by Gasteiger charge is 2.18. The molecule has 0 atom stereocenters. The molecule has 4 heteroatoms. The molecule has 0 aliphatic heterocycles. The predicted molar refractivity (Wildman–Crippen MR) is 137 cm³/mol. The molecule has 0 aliphatic rings. The summed E-state index contributed by atoms with van der Waals surface area (Å²) in [5.41, 5.74) is 6.02. The zero-order valence-corrected chi connectivity index (χ0v) is 19.8. The summed E-state index contributed by atoms with van der Waals surface area (Å²) in [6.07, 6.45) is 7.36. The Hall–Kier alpha value is -2.98. The van der Waals surface area contributed by atoms with E-state index in [4.69, 9.17) is 9.97 Å². The maximum Gasteiger partial charge on any atom is 0.134 e. The molecule has 0 aliphatic carbocycles. The molecule has 0 amide bonds. The second-order valence-corrected chi connectivity index (χ2v) is 9.26. The third-order valence-electron chi connectivity index (χ3n) is 5.54. The molecule has 2 aromatic heterocycles. The van der Waals surface area contributed by atoms with Gasteiger partial charge in [0.05, 0.1) is 15.6 Å². The Morgan fingerprint density at radius 1 is 0.906 bits per heavy atom. The van der Waals surface area contributed by atoms with Crippen LogP contribution in [0.25, 0.3) is 21.7 Å². The lowest BCUT2D eigenvalue weighted by Crippen LogP contribution is -2.05. The van der Waals surface area contributed by atoms with E-state index < -0.39 is 0 Å². The Morgan fingerprint density at radius 2 is 1.78 bits per heavy atom. The maximum absolute atomic E-state index is 5.08. The van der Waals surface area contributed by atoms with Crippen molar-refractivity contribution < 1.29 is 0 Å². The van der Waals surface area contributed by atoms with Gasteiger partial charge in [-0.3, -0.25) is 0 Å². The van der Waals surface area contributed by atoms with Crippen molar-refractivity contribution in [2.45, 2.75) is 46.0 Å². The number of hydrogen-bond acceptors (Lipinski definition) is 4. The molecule has 4 rings (SSSR count). The van der Waals surface area contributed by atoms with Gasteiger partial charge in [0.25, 0.3) is 0 Å². The van der Waals surface area contributed by atoms with E-state index in [1.807, 2.05) is 23.6 Å². The minimum Gasteiger partial charge on any atom is -0.370 e. The topological polar surface area (TPSA) is 37.8 Å². The van der Waals surface area contributed by atoms with Gasteiger partial charge in [-0.05, 0) is 56.4 Å². The molecule has 4 aromatic rings. The minimum absolute atomic E-state index is 0.889. The van der Waals surface area contributed by atoms with Crippen LogP contribution in [0.3, 0.4) is 0 Å². The number of pyridine rings is 1. The van der Waals surface area contributed by atoms with Gasteiger partial charge in [0.1, 0.15) is 5.82 Å². The fraction of sp³-hybridized carbons (Fsp3) is 0.286. The number of hydrogen-bond donors (Lipinski definition) is 1. The first-order valence-electron chi connectivity index (χ1n) is 11.5. The van der Waals surface area contributed by atoms with Gasteiger partial charge < -0.3 is 5.32 Å². The van der Waals surface area contributed by atoms with Crippen molar-refractivity contribution in [1.29, 1.82) is 0 Å². The molecule has 0 spiro atoms. The Labute approximate surface area is 195 Å². The monoisotopic (exact) mass is 441 g/mol. The number of nitrogens with zero attached hydrogens (tertiary/aromatic N) is 2. The average Bonchev–Trinajstić information content (AvgIpc) is 3.25. The van der Waals surface area contributed by atoms with Crippen LogP contribution in [0.4, 0.5) is 5.82 Å². The van der Waals surface area contributed by atoms with Crippen LogP contribution in [0.1, 0.15) is 42.3 Å². The number of rotatable bonds is 10. The van der Waals surface area contributed by atoms with Crippen LogP contribution < -0.4 is 5.32 Å². The predicted octanol–water partition coefficient (Wildman–Crippen LogP) is 7.57. The van der Waals surface area contributed by atoms with Crippen molar-refractivity contribution in [3.05, 3.63) is 89.1 Å². The van der Waals surface area contributed by atoms with Crippen molar-refractivity contribution in [2.24, 2.45) is 0 Å². The van der Waals surface area contributed by atoms with Gasteiger partial charge in [-0.25, -0.2) is 9.97 Å². The zero-order valence-electron chi connectivity index (χ0n) is 19.0. The van der Waals surface area contributed by atoms with Crippen molar-refractivity contribution >= 4 is 17.2 Å². The molecular weight excluding hydrogens is 410 g/mol. The first-order valence-corrected chi connectivity index (χ1v) is 12.4. The molecule has 0 saturated carbocycles. The molecule has 2 heterocycles. The average molecular weight is 442 g/mol. The molecular formula is C28H31N3S. The first-order chi connectivity index (χ1) is 15.7. The fourth-order valence-electron chi connectivity index (χ4n) is 3.84. The normalized spacial score (nSPS) is 10.9. The highest BCUT2D eigenvalue weighted by atomic mass is 32.1. The number of aryl methyl sites for hydroxylation is 3. The van der Waals surface area contributed by atoms with Gasteiger partial charge >= 0.3 is 0 Å². The quantitative estimate of drug-likeness (QED) is 0.258. The van der Waals surface area contributed by atoms with Crippen LogP contribution >= 0.6 is 11.3 Å². The summed E-state index contributed by atoms with van der Waals surface area (Å²) in [5.74, 6) is 0.945. The number of thiazole rings is 1. The molecule has 0 unspecified atom stereocenters. The highest BCUT2D eigenvalue weighted by molar-refractivity contribution is 7.15. The van der Waals surface area contributed by atoms with E-state index in [9.17, 15) is 0 Å². The molecule has 32 heavy (non-hydrogen) atoms. The summed E-state index contributed by atoms with van der Waals surface area (Å²) in [6, 6.07) is 23.5. The van der Waals surface area contributed by atoms with E-state index in [0.29, 0.717) is 0 Å². The molecule has 3 nitrogen and oxygen atoms in total. The van der Waals surface area contributed by atoms with Crippen LogP contribution in [0.5, 0.6) is 0 Å². The summed E-state index contributed by atoms with van der Waals surface area (Å²) < 4.78 is 0. The van der Waals surface area contributed by atoms with Crippen molar-refractivity contribution in [3.63, 3.8) is 0 Å². The Bertz CT molecular complexity index is 1130. The Kier molecular flexibility index (Phi) is 7.68. The SMILES string of the molecule is CCCCc1nc(-c2cccc(C)c2)c(-c2cccnc2NCCCc2ccccc2)s1. The van der Waals surface area contributed by atoms with E-state index in [0.717, 1.165) is 49.3 Å². The van der Waals surface area contributed by atoms with Gasteiger partial charge in [-0.1, -0.05) is 67.4 Å². The van der Waals surface area contributed by atoms with Gasteiger partial charge in [-0.2, -0.15) is 0 Å². The number of nitrogens with one attached hydrogen (secondary N) is 1. The van der Waals surface area contributed by atoms with Gasteiger partial charge in [0, 0.05) is 23.9 Å². The highest BCUT2D eigenvalue weighted by Crippen LogP contribution is 2.40. The van der Waals surface area contributed by atoms with Crippen LogP contribution in [-0.2, 0) is 12.8 Å². The lowest BCUT2D eigenvalue weighted by molar-refractivity contribution is 0.790. The van der Waals surface area contributed by atoms with E-state index in [-0.39, 0.29) is 0 Å². The molecule has 0 fully saturated rings. The second kappa shape index (κ2) is 11.1. The van der Waals surface area contributed by atoms with Gasteiger partial charge in [0.2, 0.25) is 0 Å². The van der Waals surface area contributed by atoms with Gasteiger partial charge in [0.15, 0.2) is 0 Å². The molecule has 0 radical (unpaired) electrons. The lowest BCUT2D eigenvalue weighted by atomic mass is 10.0. The number of anilines is 1. The number of unbranched alkanes of at least 4 members (excludes halogenated alkanes) is 1. The third-order valence-corrected chi connectivity index (χ3v) is 6.69. The third kappa shape index (κ3) is 5.63. The second-order valence-electron chi connectivity index (χ2n) is 8.17. The van der Waals surface area contributed by atoms with Crippen LogP contribution in [0.2, 0.25) is 0 Å². The van der Waals surface area contributed by atoms with Gasteiger partial charge in [-0.15, -0.1) is 11.3 Å². The smallest absolute Gasteiger partial charge is 0.134 e. The lowest BCUT2D eigenvalue weighted by Gasteiger charge is -2.11. The Morgan fingerprint density at radius 3 is 2.59 bits per heavy atom. The van der Waals surface area contributed by atoms with Crippen LogP contribution in [0, 0.1) is 6.92 Å². The molecule has 1 N–H and O–H groups in total. The van der Waals surface area contributed by atoms with Crippen LogP contribution in [0.15, 0.2) is 72.9 Å². The zero-order chi connectivity index (χ0) is 22.2. The molecule has 0 saturated heterocycles. The van der Waals surface area contributed by atoms with E-state index in [2.05, 4.69) is 79.8 Å². The molecule has 0 bridgehead atoms. The van der Waals surface area contributed by atoms with Crippen molar-refractivity contribution in [3.8, 4) is 21.7 Å². The number of aromatic nitrogens is 2. The van der Waals surface area contributed by atoms with E-state index in [1.54, 1.807) is 0 Å². The summed E-state index contributed by atoms with van der Waals surface area (Å²) in [5, 5.41) is 4.80. The largest absolute Gasteiger partial charge is 0.370 e. The standard InChI is InChI=1S/C28H31N3S/c1-3-4-17-25-31-26(23-15-8-11-21(2)20-23)27(32-25)24-16-10-19-30-28(24)29-18-9-14-22-12-6-5-7-13-22/h5-8,10-13,15-16,19-20H,3-4,9,14,17-18H2,1-2H3,(H,29,30). The first kappa shape index (κ1) is 22.2. The van der Waals surface area contributed by atoms with E-state index in [1.165, 1.54) is 33.0 Å². The summed E-state index contributed by atoms with van der Waals surface area (Å²) in [7, 11) is 0. The van der Waals surface area contributed by atoms with Crippen molar-refractivity contribution in [2.75, 3.05) is 11.9 Å². The fourth-order valence-corrected chi connectivity index (χ4v) is 5.00. The van der Waals surface area contributed by atoms with E-state index >= 15 is 0 Å². The Balaban J connectivity index is 1.59. The van der Waals surface area contributed by atoms with Crippen molar-refractivity contribution in [1.82, 2.24) is 9.97 Å². The summed E-state index contributed by atoms with van der Waals surface area (Å²) in [4.78, 5) is 11.0. The van der Waals surface area contributed by atoms with Crippen LogP contribution in [-0.4, -0.2) is 16.5 Å². The number of benzene rings is 2. The molecule has 164 valence electrons. The summed E-state index contributed by atoms with van der Waals surface area (Å²) >= 11 is 1.81. The molecule has 2 aromatic carbocycles. The minimum atomic E-state index is 0.889. The summed E-state index contributed by atoms with van der Waals surface area (Å²) in [6.45, 7) is 5.26. The maximum atomic E-state index is 5.08.